The fourth-order valence-electron chi connectivity index (χ4n) is 2.72. The molecule has 0 atom stereocenters. The van der Waals surface area contributed by atoms with Gasteiger partial charge in [0, 0.05) is 0 Å². The fourth-order valence-corrected chi connectivity index (χ4v) is 2.72. The van der Waals surface area contributed by atoms with E-state index in [2.05, 4.69) is 13.5 Å². The summed E-state index contributed by atoms with van der Waals surface area (Å²) in [5.41, 5.74) is 1.45. The second kappa shape index (κ2) is 11.1. The summed E-state index contributed by atoms with van der Waals surface area (Å²) in [5.74, 6) is 0.976. The van der Waals surface area contributed by atoms with E-state index < -0.39 is 5.97 Å². The van der Waals surface area contributed by atoms with Gasteiger partial charge in [0.2, 0.25) is 0 Å². The fraction of sp³-hybridized carbons (Fsp3) is 0.348. The number of unbranched alkanes of at least 4 members (excludes halogenated alkanes) is 3. The number of hydrogen-bond donors (Lipinski definition) is 0. The Morgan fingerprint density at radius 3 is 2.59 bits per heavy atom. The van der Waals surface area contributed by atoms with Gasteiger partial charge in [0.15, 0.2) is 11.5 Å². The standard InChI is InChI=1S/C23H28O4/c1-4-6-7-10-16-26-20-13-9-8-12-19(20)23(24)27-21-15-14-18(11-5-2)17-22(21)25-3/h5,8-9,12-15,17H,2,4,6-7,10-11,16H2,1,3H3. The molecule has 4 heteroatoms. The van der Waals surface area contributed by atoms with Crippen LogP contribution in [0.3, 0.4) is 0 Å². The predicted molar refractivity (Wildman–Crippen MR) is 108 cm³/mol. The van der Waals surface area contributed by atoms with E-state index in [0.717, 1.165) is 24.8 Å². The number of benzene rings is 2. The summed E-state index contributed by atoms with van der Waals surface area (Å²) in [7, 11) is 1.55. The summed E-state index contributed by atoms with van der Waals surface area (Å²) in [6, 6.07) is 12.6. The SMILES string of the molecule is C=CCc1ccc(OC(=O)c2ccccc2OCCCCCC)c(OC)c1. The molecule has 0 aliphatic rings. The van der Waals surface area contributed by atoms with E-state index in [4.69, 9.17) is 14.2 Å². The van der Waals surface area contributed by atoms with Gasteiger partial charge in [0.25, 0.3) is 0 Å². The number of carbonyl (C=O) groups is 1. The van der Waals surface area contributed by atoms with E-state index in [9.17, 15) is 4.79 Å². The maximum atomic E-state index is 12.7. The van der Waals surface area contributed by atoms with Gasteiger partial charge in [0.05, 0.1) is 13.7 Å². The van der Waals surface area contributed by atoms with Crippen LogP contribution in [-0.2, 0) is 6.42 Å². The minimum absolute atomic E-state index is 0.382. The molecule has 144 valence electrons. The third kappa shape index (κ3) is 6.17. The van der Waals surface area contributed by atoms with E-state index in [1.807, 2.05) is 24.3 Å². The Balaban J connectivity index is 2.08. The van der Waals surface area contributed by atoms with Crippen LogP contribution in [-0.4, -0.2) is 19.7 Å². The first-order valence-electron chi connectivity index (χ1n) is 9.41. The molecule has 2 rings (SSSR count). The Labute approximate surface area is 161 Å². The maximum Gasteiger partial charge on any atom is 0.347 e. The lowest BCUT2D eigenvalue weighted by molar-refractivity contribution is 0.0725. The second-order valence-corrected chi connectivity index (χ2v) is 6.27. The topological polar surface area (TPSA) is 44.8 Å². The minimum atomic E-state index is -0.464. The zero-order valence-electron chi connectivity index (χ0n) is 16.2. The van der Waals surface area contributed by atoms with E-state index in [1.165, 1.54) is 12.8 Å². The normalized spacial score (nSPS) is 10.3. The van der Waals surface area contributed by atoms with Crippen molar-refractivity contribution >= 4 is 5.97 Å². The number of allylic oxidation sites excluding steroid dienone is 1. The number of esters is 1. The van der Waals surface area contributed by atoms with Crippen LogP contribution in [0.4, 0.5) is 0 Å². The minimum Gasteiger partial charge on any atom is -0.493 e. The van der Waals surface area contributed by atoms with E-state index in [-0.39, 0.29) is 0 Å². The molecule has 2 aromatic carbocycles. The van der Waals surface area contributed by atoms with Gasteiger partial charge in [-0.15, -0.1) is 6.58 Å². The molecule has 0 aromatic heterocycles. The Bertz CT molecular complexity index is 752. The molecule has 0 unspecified atom stereocenters. The largest absolute Gasteiger partial charge is 0.493 e. The summed E-state index contributed by atoms with van der Waals surface area (Å²) in [4.78, 5) is 12.7. The summed E-state index contributed by atoms with van der Waals surface area (Å²) in [6.07, 6.45) is 6.99. The lowest BCUT2D eigenvalue weighted by Gasteiger charge is -2.13. The van der Waals surface area contributed by atoms with Crippen LogP contribution in [0.25, 0.3) is 0 Å². The molecule has 0 spiro atoms. The Morgan fingerprint density at radius 2 is 1.85 bits per heavy atom. The highest BCUT2D eigenvalue weighted by Crippen LogP contribution is 2.30. The summed E-state index contributed by atoms with van der Waals surface area (Å²) in [5, 5.41) is 0. The number of ether oxygens (including phenoxy) is 3. The molecule has 0 heterocycles. The Hall–Kier alpha value is -2.75. The van der Waals surface area contributed by atoms with Gasteiger partial charge < -0.3 is 14.2 Å². The Kier molecular flexibility index (Phi) is 8.43. The van der Waals surface area contributed by atoms with E-state index >= 15 is 0 Å². The number of rotatable bonds is 11. The van der Waals surface area contributed by atoms with E-state index in [1.54, 1.807) is 31.4 Å². The van der Waals surface area contributed by atoms with Crippen LogP contribution >= 0.6 is 0 Å². The molecule has 0 fully saturated rings. The average molecular weight is 368 g/mol. The third-order valence-corrected chi connectivity index (χ3v) is 4.17. The zero-order valence-corrected chi connectivity index (χ0v) is 16.2. The number of para-hydroxylation sites is 1. The first-order chi connectivity index (χ1) is 13.2. The number of carbonyl (C=O) groups excluding carboxylic acids is 1. The summed E-state index contributed by atoms with van der Waals surface area (Å²) in [6.45, 7) is 6.49. The maximum absolute atomic E-state index is 12.7. The molecule has 27 heavy (non-hydrogen) atoms. The molecule has 0 N–H and O–H groups in total. The third-order valence-electron chi connectivity index (χ3n) is 4.17. The van der Waals surface area contributed by atoms with Crippen molar-refractivity contribution in [2.75, 3.05) is 13.7 Å². The lowest BCUT2D eigenvalue weighted by Crippen LogP contribution is -2.12. The second-order valence-electron chi connectivity index (χ2n) is 6.27. The highest BCUT2D eigenvalue weighted by molar-refractivity contribution is 5.94. The van der Waals surface area contributed by atoms with Crippen molar-refractivity contribution in [3.05, 3.63) is 66.2 Å². The van der Waals surface area contributed by atoms with Gasteiger partial charge in [-0.2, -0.15) is 0 Å². The molecule has 0 saturated heterocycles. The van der Waals surface area contributed by atoms with Crippen LogP contribution < -0.4 is 14.2 Å². The molecule has 0 aliphatic heterocycles. The molecule has 0 aliphatic carbocycles. The zero-order chi connectivity index (χ0) is 19.5. The first-order valence-corrected chi connectivity index (χ1v) is 9.41. The lowest BCUT2D eigenvalue weighted by atomic mass is 10.1. The van der Waals surface area contributed by atoms with Gasteiger partial charge in [-0.1, -0.05) is 50.5 Å². The molecule has 0 amide bonds. The van der Waals surface area contributed by atoms with Crippen molar-refractivity contribution in [2.45, 2.75) is 39.0 Å². The van der Waals surface area contributed by atoms with Crippen LogP contribution in [0, 0.1) is 0 Å². The van der Waals surface area contributed by atoms with Crippen LogP contribution in [0.5, 0.6) is 17.2 Å². The summed E-state index contributed by atoms with van der Waals surface area (Å²) >= 11 is 0. The smallest absolute Gasteiger partial charge is 0.347 e. The first kappa shape index (κ1) is 20.6. The molecule has 0 radical (unpaired) electrons. The Morgan fingerprint density at radius 1 is 1.04 bits per heavy atom. The molecule has 4 nitrogen and oxygen atoms in total. The highest BCUT2D eigenvalue weighted by Gasteiger charge is 2.17. The van der Waals surface area contributed by atoms with Crippen molar-refractivity contribution in [3.63, 3.8) is 0 Å². The van der Waals surface area contributed by atoms with E-state index in [0.29, 0.717) is 29.4 Å². The predicted octanol–water partition coefficient (Wildman–Crippen LogP) is 5.60. The molecule has 0 bridgehead atoms. The van der Waals surface area contributed by atoms with Crippen molar-refractivity contribution in [3.8, 4) is 17.2 Å². The molecular weight excluding hydrogens is 340 g/mol. The van der Waals surface area contributed by atoms with Crippen molar-refractivity contribution in [1.29, 1.82) is 0 Å². The molecule has 0 saturated carbocycles. The van der Waals surface area contributed by atoms with Crippen LogP contribution in [0.1, 0.15) is 48.5 Å². The van der Waals surface area contributed by atoms with Crippen molar-refractivity contribution in [1.82, 2.24) is 0 Å². The van der Waals surface area contributed by atoms with Gasteiger partial charge >= 0.3 is 5.97 Å². The van der Waals surface area contributed by atoms with Gasteiger partial charge in [0.1, 0.15) is 11.3 Å². The molecular formula is C23H28O4. The number of methoxy groups -OCH3 is 1. The van der Waals surface area contributed by atoms with Crippen LogP contribution in [0.2, 0.25) is 0 Å². The molecule has 2 aromatic rings. The average Bonchev–Trinajstić information content (AvgIpc) is 2.69. The van der Waals surface area contributed by atoms with Crippen molar-refractivity contribution < 1.29 is 19.0 Å². The summed E-state index contributed by atoms with van der Waals surface area (Å²) < 4.78 is 16.7. The quantitative estimate of drug-likeness (QED) is 0.224. The van der Waals surface area contributed by atoms with Gasteiger partial charge in [-0.3, -0.25) is 0 Å². The van der Waals surface area contributed by atoms with Gasteiger partial charge in [-0.05, 0) is 42.7 Å². The number of hydrogen-bond acceptors (Lipinski definition) is 4. The highest BCUT2D eigenvalue weighted by atomic mass is 16.6. The van der Waals surface area contributed by atoms with Gasteiger partial charge in [-0.25, -0.2) is 4.79 Å². The monoisotopic (exact) mass is 368 g/mol. The van der Waals surface area contributed by atoms with Crippen molar-refractivity contribution in [2.24, 2.45) is 0 Å². The van der Waals surface area contributed by atoms with Crippen LogP contribution in [0.15, 0.2) is 55.1 Å².